The smallest absolute Gasteiger partial charge is 0.0254 e. The molecular formula is C16H35N3. The minimum atomic E-state index is 0.502. The first-order valence-electron chi connectivity index (χ1n) is 7.95. The molecule has 3 nitrogen and oxygen atoms in total. The highest BCUT2D eigenvalue weighted by molar-refractivity contribution is 4.94. The quantitative estimate of drug-likeness (QED) is 0.766. The minimum Gasteiger partial charge on any atom is -0.315 e. The predicted octanol–water partition coefficient (Wildman–Crippen LogP) is 2.43. The number of hydrogen-bond acceptors (Lipinski definition) is 3. The molecule has 1 aliphatic rings. The van der Waals surface area contributed by atoms with Gasteiger partial charge in [0.2, 0.25) is 0 Å². The van der Waals surface area contributed by atoms with Gasteiger partial charge in [0.25, 0.3) is 0 Å². The number of rotatable bonds is 7. The van der Waals surface area contributed by atoms with Crippen molar-refractivity contribution < 1.29 is 0 Å². The van der Waals surface area contributed by atoms with Crippen molar-refractivity contribution >= 4 is 0 Å². The van der Waals surface area contributed by atoms with Crippen LogP contribution in [-0.2, 0) is 0 Å². The summed E-state index contributed by atoms with van der Waals surface area (Å²) in [5.74, 6) is 0. The van der Waals surface area contributed by atoms with E-state index in [0.717, 1.165) is 6.54 Å². The lowest BCUT2D eigenvalue weighted by Crippen LogP contribution is -2.55. The van der Waals surface area contributed by atoms with Crippen molar-refractivity contribution in [2.24, 2.45) is 5.41 Å². The van der Waals surface area contributed by atoms with Gasteiger partial charge in [0, 0.05) is 25.2 Å². The number of likely N-dealkylation sites (N-methyl/N-ethyl adjacent to an activating group) is 2. The van der Waals surface area contributed by atoms with Gasteiger partial charge < -0.3 is 10.2 Å². The van der Waals surface area contributed by atoms with Crippen LogP contribution < -0.4 is 5.32 Å². The van der Waals surface area contributed by atoms with Gasteiger partial charge in [-0.1, -0.05) is 20.8 Å². The zero-order valence-electron chi connectivity index (χ0n) is 14.0. The van der Waals surface area contributed by atoms with E-state index in [2.05, 4.69) is 57.0 Å². The Balaban J connectivity index is 2.71. The van der Waals surface area contributed by atoms with Crippen LogP contribution in [0.4, 0.5) is 0 Å². The number of nitrogens with zero attached hydrogens (tertiary/aromatic N) is 2. The number of nitrogens with one attached hydrogen (secondary N) is 1. The SMILES string of the molecule is CCCN(CCN(C)C)C1CC(C)(C)CCC1NC. The van der Waals surface area contributed by atoms with Gasteiger partial charge in [-0.15, -0.1) is 0 Å². The highest BCUT2D eigenvalue weighted by Crippen LogP contribution is 2.37. The van der Waals surface area contributed by atoms with E-state index in [1.54, 1.807) is 0 Å². The molecule has 3 heteroatoms. The molecule has 0 aromatic heterocycles. The first-order valence-corrected chi connectivity index (χ1v) is 7.95. The van der Waals surface area contributed by atoms with E-state index in [0.29, 0.717) is 17.5 Å². The zero-order valence-corrected chi connectivity index (χ0v) is 14.0. The maximum atomic E-state index is 3.56. The molecule has 19 heavy (non-hydrogen) atoms. The lowest BCUT2D eigenvalue weighted by molar-refractivity contribution is 0.0629. The van der Waals surface area contributed by atoms with Crippen LogP contribution in [0.3, 0.4) is 0 Å². The van der Waals surface area contributed by atoms with E-state index in [1.807, 2.05) is 0 Å². The highest BCUT2D eigenvalue weighted by Gasteiger charge is 2.36. The molecule has 0 heterocycles. The molecule has 1 saturated carbocycles. The maximum absolute atomic E-state index is 3.56. The van der Waals surface area contributed by atoms with Crippen LogP contribution in [0.15, 0.2) is 0 Å². The fourth-order valence-corrected chi connectivity index (χ4v) is 3.33. The Morgan fingerprint density at radius 1 is 1.16 bits per heavy atom. The van der Waals surface area contributed by atoms with Crippen molar-refractivity contribution in [3.8, 4) is 0 Å². The first-order chi connectivity index (χ1) is 8.89. The Morgan fingerprint density at radius 3 is 2.37 bits per heavy atom. The average molecular weight is 269 g/mol. The van der Waals surface area contributed by atoms with Crippen molar-refractivity contribution in [3.05, 3.63) is 0 Å². The monoisotopic (exact) mass is 269 g/mol. The molecule has 0 amide bonds. The molecule has 1 N–H and O–H groups in total. The van der Waals surface area contributed by atoms with Crippen LogP contribution in [0.1, 0.15) is 46.5 Å². The van der Waals surface area contributed by atoms with Gasteiger partial charge in [0.1, 0.15) is 0 Å². The third-order valence-electron chi connectivity index (χ3n) is 4.54. The van der Waals surface area contributed by atoms with Crippen LogP contribution >= 0.6 is 0 Å². The van der Waals surface area contributed by atoms with E-state index in [-0.39, 0.29) is 0 Å². The van der Waals surface area contributed by atoms with Crippen LogP contribution in [0.2, 0.25) is 0 Å². The Labute approximate surface area is 120 Å². The Kier molecular flexibility index (Phi) is 6.78. The van der Waals surface area contributed by atoms with Gasteiger partial charge >= 0.3 is 0 Å². The highest BCUT2D eigenvalue weighted by atomic mass is 15.2. The second-order valence-corrected chi connectivity index (χ2v) is 7.21. The molecule has 0 bridgehead atoms. The molecule has 2 atom stereocenters. The zero-order chi connectivity index (χ0) is 14.5. The lowest BCUT2D eigenvalue weighted by atomic mass is 9.72. The minimum absolute atomic E-state index is 0.502. The first kappa shape index (κ1) is 16.9. The fraction of sp³-hybridized carbons (Fsp3) is 1.00. The summed E-state index contributed by atoms with van der Waals surface area (Å²) in [6, 6.07) is 1.37. The predicted molar refractivity (Wildman–Crippen MR) is 84.7 cm³/mol. The molecule has 0 radical (unpaired) electrons. The molecule has 114 valence electrons. The lowest BCUT2D eigenvalue weighted by Gasteiger charge is -2.46. The molecule has 0 saturated heterocycles. The third kappa shape index (κ3) is 5.41. The van der Waals surface area contributed by atoms with Crippen molar-refractivity contribution in [1.82, 2.24) is 15.1 Å². The van der Waals surface area contributed by atoms with E-state index in [4.69, 9.17) is 0 Å². The summed E-state index contributed by atoms with van der Waals surface area (Å²) < 4.78 is 0. The van der Waals surface area contributed by atoms with Crippen LogP contribution in [0.25, 0.3) is 0 Å². The van der Waals surface area contributed by atoms with Crippen molar-refractivity contribution in [2.75, 3.05) is 40.8 Å². The van der Waals surface area contributed by atoms with Crippen LogP contribution in [-0.4, -0.2) is 62.7 Å². The summed E-state index contributed by atoms with van der Waals surface area (Å²) in [6.07, 6.45) is 5.24. The van der Waals surface area contributed by atoms with Crippen molar-refractivity contribution in [3.63, 3.8) is 0 Å². The summed E-state index contributed by atoms with van der Waals surface area (Å²) in [7, 11) is 6.47. The fourth-order valence-electron chi connectivity index (χ4n) is 3.33. The second-order valence-electron chi connectivity index (χ2n) is 7.21. The third-order valence-corrected chi connectivity index (χ3v) is 4.54. The van der Waals surface area contributed by atoms with E-state index >= 15 is 0 Å². The Hall–Kier alpha value is -0.120. The van der Waals surface area contributed by atoms with Crippen molar-refractivity contribution in [1.29, 1.82) is 0 Å². The molecule has 0 spiro atoms. The molecule has 0 aromatic rings. The van der Waals surface area contributed by atoms with E-state index < -0.39 is 0 Å². The van der Waals surface area contributed by atoms with Gasteiger partial charge in [-0.2, -0.15) is 0 Å². The average Bonchev–Trinajstić information content (AvgIpc) is 2.33. The summed E-state index contributed by atoms with van der Waals surface area (Å²) >= 11 is 0. The van der Waals surface area contributed by atoms with Gasteiger partial charge in [0.15, 0.2) is 0 Å². The van der Waals surface area contributed by atoms with Crippen LogP contribution in [0.5, 0.6) is 0 Å². The molecular weight excluding hydrogens is 234 g/mol. The van der Waals surface area contributed by atoms with Gasteiger partial charge in [-0.25, -0.2) is 0 Å². The normalized spacial score (nSPS) is 27.2. The summed E-state index contributed by atoms with van der Waals surface area (Å²) in [5.41, 5.74) is 0.502. The molecule has 2 unspecified atom stereocenters. The summed E-state index contributed by atoms with van der Waals surface area (Å²) in [5, 5.41) is 3.56. The molecule has 0 aliphatic heterocycles. The van der Waals surface area contributed by atoms with Crippen molar-refractivity contribution in [2.45, 2.75) is 58.5 Å². The van der Waals surface area contributed by atoms with E-state index in [1.165, 1.54) is 38.8 Å². The summed E-state index contributed by atoms with van der Waals surface area (Å²) in [6.45, 7) is 10.7. The largest absolute Gasteiger partial charge is 0.315 e. The Morgan fingerprint density at radius 2 is 1.84 bits per heavy atom. The van der Waals surface area contributed by atoms with E-state index in [9.17, 15) is 0 Å². The van der Waals surface area contributed by atoms with Gasteiger partial charge in [0.05, 0.1) is 0 Å². The molecule has 1 fully saturated rings. The topological polar surface area (TPSA) is 18.5 Å². The number of hydrogen-bond donors (Lipinski definition) is 1. The molecule has 1 aliphatic carbocycles. The van der Waals surface area contributed by atoms with Gasteiger partial charge in [-0.3, -0.25) is 4.90 Å². The standard InChI is InChI=1S/C16H35N3/c1-7-10-19(12-11-18(5)6)15-13-16(2,3)9-8-14(15)17-4/h14-15,17H,7-13H2,1-6H3. The Bertz CT molecular complexity index is 250. The van der Waals surface area contributed by atoms with Gasteiger partial charge in [-0.05, 0) is 58.8 Å². The molecule has 1 rings (SSSR count). The second kappa shape index (κ2) is 7.61. The maximum Gasteiger partial charge on any atom is 0.0254 e. The van der Waals surface area contributed by atoms with Crippen LogP contribution in [0, 0.1) is 5.41 Å². The summed E-state index contributed by atoms with van der Waals surface area (Å²) in [4.78, 5) is 5.02. The molecule has 0 aromatic carbocycles.